The second kappa shape index (κ2) is 7.37. The van der Waals surface area contributed by atoms with Crippen LogP contribution in [0, 0.1) is 0 Å². The Kier molecular flexibility index (Phi) is 7.59. The van der Waals surface area contributed by atoms with E-state index in [4.69, 9.17) is 13.3 Å². The zero-order valence-electron chi connectivity index (χ0n) is 13.4. The summed E-state index contributed by atoms with van der Waals surface area (Å²) in [7, 11) is 0. The first-order valence-corrected chi connectivity index (χ1v) is 9.24. The van der Waals surface area contributed by atoms with Crippen molar-refractivity contribution in [2.24, 2.45) is 0 Å². The Bertz CT molecular complexity index is 207. The first-order valence-electron chi connectivity index (χ1n) is 6.69. The molecule has 0 N–H and O–H groups in total. The van der Waals surface area contributed by atoms with Gasteiger partial charge in [0.2, 0.25) is 0 Å². The van der Waals surface area contributed by atoms with Crippen molar-refractivity contribution in [1.82, 2.24) is 0 Å². The summed E-state index contributed by atoms with van der Waals surface area (Å²) in [5, 5.41) is 0. The maximum absolute atomic E-state index is 6.08. The molecule has 18 heavy (non-hydrogen) atoms. The average molecular weight is 298 g/mol. The van der Waals surface area contributed by atoms with E-state index in [-0.39, 0.29) is 23.9 Å². The first-order chi connectivity index (χ1) is 7.96. The van der Waals surface area contributed by atoms with Crippen LogP contribution < -0.4 is 0 Å². The number of hydrogen-bond donors (Lipinski definition) is 0. The van der Waals surface area contributed by atoms with E-state index in [1.165, 1.54) is 0 Å². The predicted octanol–water partition coefficient (Wildman–Crippen LogP) is 3.89. The fourth-order valence-corrected chi connectivity index (χ4v) is 5.76. The summed E-state index contributed by atoms with van der Waals surface area (Å²) in [6.45, 7) is 17.8. The van der Waals surface area contributed by atoms with Gasteiger partial charge in [0.1, 0.15) is 0 Å². The van der Waals surface area contributed by atoms with Gasteiger partial charge in [0.15, 0.2) is 0 Å². The zero-order chi connectivity index (χ0) is 14.6. The van der Waals surface area contributed by atoms with Crippen molar-refractivity contribution in [1.29, 1.82) is 0 Å². The van der Waals surface area contributed by atoms with Gasteiger partial charge in [0.05, 0.1) is 0 Å². The quantitative estimate of drug-likeness (QED) is 0.668. The minimum atomic E-state index is -3.70. The van der Waals surface area contributed by atoms with E-state index >= 15 is 0 Å². The van der Waals surface area contributed by atoms with Gasteiger partial charge in [-0.2, -0.15) is 0 Å². The topological polar surface area (TPSA) is 36.9 Å². The molecule has 0 atom stereocenters. The van der Waals surface area contributed by atoms with Gasteiger partial charge in [-0.25, -0.2) is 0 Å². The Labute approximate surface area is 118 Å². The van der Waals surface area contributed by atoms with E-state index < -0.39 is 18.1 Å². The predicted molar refractivity (Wildman–Crippen MR) is 69.5 cm³/mol. The minimum absolute atomic E-state index is 0.0184. The van der Waals surface area contributed by atoms with Crippen molar-refractivity contribution in [2.45, 2.75) is 86.2 Å². The van der Waals surface area contributed by atoms with Crippen LogP contribution in [-0.2, 0) is 31.4 Å². The van der Waals surface area contributed by atoms with E-state index in [9.17, 15) is 0 Å². The molecular formula is C13H30O4Ti. The van der Waals surface area contributed by atoms with Gasteiger partial charge in [-0.1, -0.05) is 0 Å². The van der Waals surface area contributed by atoms with Crippen LogP contribution in [0.25, 0.3) is 0 Å². The maximum atomic E-state index is 6.08. The Hall–Kier alpha value is 0.554. The van der Waals surface area contributed by atoms with Gasteiger partial charge in [-0.15, -0.1) is 0 Å². The Morgan fingerprint density at radius 1 is 0.667 bits per heavy atom. The van der Waals surface area contributed by atoms with Crippen LogP contribution in [0.4, 0.5) is 0 Å². The summed E-state index contributed by atoms with van der Waals surface area (Å²) in [5.74, 6) is 0. The zero-order valence-corrected chi connectivity index (χ0v) is 14.9. The third-order valence-corrected chi connectivity index (χ3v) is 6.48. The van der Waals surface area contributed by atoms with Crippen LogP contribution in [0.1, 0.15) is 62.3 Å². The van der Waals surface area contributed by atoms with Crippen LogP contribution in [-0.4, -0.2) is 23.9 Å². The third-order valence-electron chi connectivity index (χ3n) is 1.57. The molecule has 0 saturated heterocycles. The molecule has 0 spiro atoms. The van der Waals surface area contributed by atoms with Gasteiger partial charge in [-0.05, 0) is 0 Å². The average Bonchev–Trinajstić information content (AvgIpc) is 1.92. The summed E-state index contributed by atoms with van der Waals surface area (Å²) in [6, 6.07) is 0. The first kappa shape index (κ1) is 18.6. The molecule has 0 amide bonds. The van der Waals surface area contributed by atoms with Crippen molar-refractivity contribution < 1.29 is 31.4 Å². The van der Waals surface area contributed by atoms with E-state index in [1.807, 2.05) is 62.3 Å². The molecule has 5 heteroatoms. The van der Waals surface area contributed by atoms with Gasteiger partial charge < -0.3 is 0 Å². The molecule has 0 saturated carbocycles. The molecule has 0 radical (unpaired) electrons. The van der Waals surface area contributed by atoms with Crippen molar-refractivity contribution in [3.63, 3.8) is 0 Å². The van der Waals surface area contributed by atoms with Gasteiger partial charge in [-0.3, -0.25) is 0 Å². The fraction of sp³-hybridized carbons (Fsp3) is 1.00. The molecular weight excluding hydrogens is 268 g/mol. The monoisotopic (exact) mass is 298 g/mol. The molecule has 0 aliphatic rings. The molecule has 0 aliphatic carbocycles. The summed E-state index contributed by atoms with van der Waals surface area (Å²) in [4.78, 5) is 0. The fourth-order valence-electron chi connectivity index (χ4n) is 1.40. The van der Waals surface area contributed by atoms with Gasteiger partial charge in [0.25, 0.3) is 0 Å². The van der Waals surface area contributed by atoms with Crippen molar-refractivity contribution in [2.75, 3.05) is 0 Å². The Balaban J connectivity index is 5.10. The van der Waals surface area contributed by atoms with E-state index in [0.29, 0.717) is 0 Å². The molecule has 0 rings (SSSR count). The molecule has 4 nitrogen and oxygen atoms in total. The molecule has 0 heterocycles. The Morgan fingerprint density at radius 2 is 0.944 bits per heavy atom. The van der Waals surface area contributed by atoms with Crippen LogP contribution in [0.2, 0.25) is 0 Å². The summed E-state index contributed by atoms with van der Waals surface area (Å²) in [6.07, 6.45) is 0.0551. The van der Waals surface area contributed by atoms with Crippen LogP contribution >= 0.6 is 0 Å². The third kappa shape index (κ3) is 8.62. The van der Waals surface area contributed by atoms with Crippen LogP contribution in [0.5, 0.6) is 0 Å². The molecule has 0 aromatic rings. The Morgan fingerprint density at radius 3 is 1.11 bits per heavy atom. The standard InChI is InChI=1S/C4H9O.3C3H7O.Ti/c1-4(2,3)5;3*1-3(2)4;/h1-3H3;3*3H,1-2H3;/q4*-1;+4. The second-order valence-electron chi connectivity index (χ2n) is 6.21. The molecule has 0 fully saturated rings. The summed E-state index contributed by atoms with van der Waals surface area (Å²) >= 11 is -3.70. The van der Waals surface area contributed by atoms with Crippen molar-refractivity contribution >= 4 is 0 Å². The summed E-state index contributed by atoms with van der Waals surface area (Å²) in [5.41, 5.74) is -0.349. The van der Waals surface area contributed by atoms with Gasteiger partial charge in [0, 0.05) is 0 Å². The molecule has 0 aliphatic heterocycles. The number of hydrogen-bond acceptors (Lipinski definition) is 4. The molecule has 0 aromatic heterocycles. The van der Waals surface area contributed by atoms with E-state index in [2.05, 4.69) is 0 Å². The van der Waals surface area contributed by atoms with Crippen molar-refractivity contribution in [3.8, 4) is 0 Å². The number of rotatable bonds is 7. The van der Waals surface area contributed by atoms with Crippen molar-refractivity contribution in [3.05, 3.63) is 0 Å². The van der Waals surface area contributed by atoms with E-state index in [1.54, 1.807) is 0 Å². The van der Waals surface area contributed by atoms with Crippen LogP contribution in [0.3, 0.4) is 0 Å². The normalized spacial score (nSPS) is 14.0. The van der Waals surface area contributed by atoms with Crippen LogP contribution in [0.15, 0.2) is 0 Å². The molecule has 0 unspecified atom stereocenters. The molecule has 0 aromatic carbocycles. The van der Waals surface area contributed by atoms with Gasteiger partial charge >= 0.3 is 118 Å². The van der Waals surface area contributed by atoms with E-state index in [0.717, 1.165) is 0 Å². The second-order valence-corrected chi connectivity index (χ2v) is 9.20. The summed E-state index contributed by atoms with van der Waals surface area (Å²) < 4.78 is 23.9. The SMILES string of the molecule is CC(C)[O][Ti]([O]C(C)C)([O]C(C)C)[O]C(C)(C)C. The molecule has 0 bridgehead atoms. The molecule has 110 valence electrons.